The van der Waals surface area contributed by atoms with Crippen LogP contribution in [-0.4, -0.2) is 19.5 Å². The summed E-state index contributed by atoms with van der Waals surface area (Å²) < 4.78 is 11.5. The summed E-state index contributed by atoms with van der Waals surface area (Å²) in [7, 11) is 0. The first-order chi connectivity index (χ1) is 12.8. The van der Waals surface area contributed by atoms with Crippen molar-refractivity contribution in [1.29, 1.82) is 0 Å². The van der Waals surface area contributed by atoms with Crippen LogP contribution in [0.2, 0.25) is 0 Å². The molecule has 26 heavy (non-hydrogen) atoms. The Morgan fingerprint density at radius 3 is 1.62 bits per heavy atom. The summed E-state index contributed by atoms with van der Waals surface area (Å²) >= 11 is 0. The molecule has 2 rings (SSSR count). The standard InChI is InChI=1S/C23H30O3/c1-2-20-9-13-22(14-10-20)25-17-7-5-3-4-6-8-18-26-23-15-11-21(19-24)12-16-23/h9-16,19H,2-8,17-18H2,1H3. The molecular weight excluding hydrogens is 324 g/mol. The summed E-state index contributed by atoms with van der Waals surface area (Å²) in [5.74, 6) is 1.81. The highest BCUT2D eigenvalue weighted by Crippen LogP contribution is 2.14. The van der Waals surface area contributed by atoms with Crippen LogP contribution in [0.25, 0.3) is 0 Å². The van der Waals surface area contributed by atoms with Crippen LogP contribution in [-0.2, 0) is 6.42 Å². The van der Waals surface area contributed by atoms with Gasteiger partial charge in [0.25, 0.3) is 0 Å². The fourth-order valence-electron chi connectivity index (χ4n) is 2.76. The highest BCUT2D eigenvalue weighted by Gasteiger charge is 1.97. The zero-order valence-electron chi connectivity index (χ0n) is 15.8. The first kappa shape index (κ1) is 20.0. The largest absolute Gasteiger partial charge is 0.494 e. The topological polar surface area (TPSA) is 35.5 Å². The fourth-order valence-corrected chi connectivity index (χ4v) is 2.76. The molecule has 3 heteroatoms. The Balaban J connectivity index is 1.42. The maximum Gasteiger partial charge on any atom is 0.150 e. The Bertz CT molecular complexity index is 617. The van der Waals surface area contributed by atoms with E-state index in [-0.39, 0.29) is 0 Å². The van der Waals surface area contributed by atoms with Gasteiger partial charge in [0, 0.05) is 5.56 Å². The molecule has 0 atom stereocenters. The predicted octanol–water partition coefficient (Wildman–Crippen LogP) is 5.86. The summed E-state index contributed by atoms with van der Waals surface area (Å²) in [5, 5.41) is 0. The SMILES string of the molecule is CCc1ccc(OCCCCCCCCOc2ccc(C=O)cc2)cc1. The number of hydrogen-bond acceptors (Lipinski definition) is 3. The van der Waals surface area contributed by atoms with E-state index in [9.17, 15) is 4.79 Å². The van der Waals surface area contributed by atoms with Crippen molar-refractivity contribution < 1.29 is 14.3 Å². The minimum absolute atomic E-state index is 0.680. The molecule has 0 aliphatic carbocycles. The molecule has 140 valence electrons. The number of hydrogen-bond donors (Lipinski definition) is 0. The van der Waals surface area contributed by atoms with Crippen molar-refractivity contribution in [3.8, 4) is 11.5 Å². The van der Waals surface area contributed by atoms with Gasteiger partial charge in [-0.25, -0.2) is 0 Å². The molecule has 0 unspecified atom stereocenters. The molecule has 0 radical (unpaired) electrons. The van der Waals surface area contributed by atoms with Gasteiger partial charge in [-0.15, -0.1) is 0 Å². The normalized spacial score (nSPS) is 10.5. The smallest absolute Gasteiger partial charge is 0.150 e. The molecule has 0 aliphatic rings. The van der Waals surface area contributed by atoms with Gasteiger partial charge in [0.15, 0.2) is 0 Å². The second-order valence-corrected chi connectivity index (χ2v) is 6.50. The van der Waals surface area contributed by atoms with Gasteiger partial charge in [-0.05, 0) is 61.2 Å². The van der Waals surface area contributed by atoms with Gasteiger partial charge in [0.1, 0.15) is 17.8 Å². The second-order valence-electron chi connectivity index (χ2n) is 6.50. The third-order valence-corrected chi connectivity index (χ3v) is 4.42. The van der Waals surface area contributed by atoms with Crippen LogP contribution in [0, 0.1) is 0 Å². The van der Waals surface area contributed by atoms with E-state index < -0.39 is 0 Å². The van der Waals surface area contributed by atoms with Gasteiger partial charge in [0.2, 0.25) is 0 Å². The monoisotopic (exact) mass is 354 g/mol. The van der Waals surface area contributed by atoms with E-state index in [1.165, 1.54) is 31.2 Å². The molecule has 2 aromatic rings. The Kier molecular flexibility index (Phi) is 9.34. The molecule has 0 aliphatic heterocycles. The first-order valence-electron chi connectivity index (χ1n) is 9.71. The van der Waals surface area contributed by atoms with E-state index in [0.29, 0.717) is 5.56 Å². The van der Waals surface area contributed by atoms with Crippen molar-refractivity contribution in [2.24, 2.45) is 0 Å². The summed E-state index contributed by atoms with van der Waals surface area (Å²) in [6.07, 6.45) is 8.96. The van der Waals surface area contributed by atoms with Crippen LogP contribution < -0.4 is 9.47 Å². The van der Waals surface area contributed by atoms with Crippen molar-refractivity contribution in [1.82, 2.24) is 0 Å². The van der Waals surface area contributed by atoms with Crippen LogP contribution in [0.5, 0.6) is 11.5 Å². The molecule has 0 saturated heterocycles. The van der Waals surface area contributed by atoms with Crippen LogP contribution in [0.1, 0.15) is 61.4 Å². The Hall–Kier alpha value is -2.29. The number of carbonyl (C=O) groups excluding carboxylic acids is 1. The number of ether oxygens (including phenoxy) is 2. The number of benzene rings is 2. The quantitative estimate of drug-likeness (QED) is 0.334. The molecule has 0 amide bonds. The highest BCUT2D eigenvalue weighted by molar-refractivity contribution is 5.74. The molecule has 0 saturated carbocycles. The summed E-state index contributed by atoms with van der Waals surface area (Å²) in [4.78, 5) is 10.6. The molecule has 2 aromatic carbocycles. The molecule has 0 spiro atoms. The van der Waals surface area contributed by atoms with Crippen LogP contribution >= 0.6 is 0 Å². The van der Waals surface area contributed by atoms with Gasteiger partial charge in [-0.3, -0.25) is 4.79 Å². The maximum atomic E-state index is 10.6. The Morgan fingerprint density at radius 1 is 0.692 bits per heavy atom. The van der Waals surface area contributed by atoms with Crippen molar-refractivity contribution >= 4 is 6.29 Å². The molecular formula is C23H30O3. The minimum atomic E-state index is 0.680. The Labute approximate surface area is 157 Å². The first-order valence-corrected chi connectivity index (χ1v) is 9.71. The summed E-state index contributed by atoms with van der Waals surface area (Å²) in [6, 6.07) is 15.6. The van der Waals surface area contributed by atoms with Gasteiger partial charge in [0.05, 0.1) is 13.2 Å². The lowest BCUT2D eigenvalue weighted by atomic mass is 10.1. The zero-order chi connectivity index (χ0) is 18.5. The van der Waals surface area contributed by atoms with E-state index >= 15 is 0 Å². The molecule has 0 heterocycles. The van der Waals surface area contributed by atoms with Crippen LogP contribution in [0.3, 0.4) is 0 Å². The third kappa shape index (κ3) is 7.73. The van der Waals surface area contributed by atoms with E-state index in [2.05, 4.69) is 31.2 Å². The molecule has 3 nitrogen and oxygen atoms in total. The highest BCUT2D eigenvalue weighted by atomic mass is 16.5. The number of unbranched alkanes of at least 4 members (excludes halogenated alkanes) is 5. The van der Waals surface area contributed by atoms with E-state index in [4.69, 9.17) is 9.47 Å². The second kappa shape index (κ2) is 12.1. The molecule has 0 fully saturated rings. The predicted molar refractivity (Wildman–Crippen MR) is 106 cm³/mol. The summed E-state index contributed by atoms with van der Waals surface area (Å²) in [6.45, 7) is 3.69. The zero-order valence-corrected chi connectivity index (χ0v) is 15.8. The average Bonchev–Trinajstić information content (AvgIpc) is 2.70. The van der Waals surface area contributed by atoms with Gasteiger partial charge in [-0.2, -0.15) is 0 Å². The van der Waals surface area contributed by atoms with Crippen LogP contribution in [0.15, 0.2) is 48.5 Å². The number of carbonyl (C=O) groups is 1. The van der Waals surface area contributed by atoms with Crippen LogP contribution in [0.4, 0.5) is 0 Å². The van der Waals surface area contributed by atoms with Gasteiger partial charge >= 0.3 is 0 Å². The lowest BCUT2D eigenvalue weighted by Gasteiger charge is -2.07. The molecule has 0 bridgehead atoms. The summed E-state index contributed by atoms with van der Waals surface area (Å²) in [5.41, 5.74) is 2.03. The van der Waals surface area contributed by atoms with E-state index in [1.807, 2.05) is 12.1 Å². The average molecular weight is 354 g/mol. The van der Waals surface area contributed by atoms with Crippen molar-refractivity contribution in [2.45, 2.75) is 51.9 Å². The van der Waals surface area contributed by atoms with Crippen molar-refractivity contribution in [3.05, 3.63) is 59.7 Å². The number of rotatable bonds is 13. The molecule has 0 N–H and O–H groups in total. The lowest BCUT2D eigenvalue weighted by Crippen LogP contribution is -1.98. The third-order valence-electron chi connectivity index (χ3n) is 4.42. The Morgan fingerprint density at radius 2 is 1.15 bits per heavy atom. The lowest BCUT2D eigenvalue weighted by molar-refractivity contribution is 0.112. The number of aryl methyl sites for hydroxylation is 1. The minimum Gasteiger partial charge on any atom is -0.494 e. The van der Waals surface area contributed by atoms with Gasteiger partial charge in [-0.1, -0.05) is 44.7 Å². The number of aldehydes is 1. The van der Waals surface area contributed by atoms with Crippen molar-refractivity contribution in [2.75, 3.05) is 13.2 Å². The fraction of sp³-hybridized carbons (Fsp3) is 0.435. The van der Waals surface area contributed by atoms with E-state index in [1.54, 1.807) is 12.1 Å². The van der Waals surface area contributed by atoms with Gasteiger partial charge < -0.3 is 9.47 Å². The molecule has 0 aromatic heterocycles. The van der Waals surface area contributed by atoms with Crippen molar-refractivity contribution in [3.63, 3.8) is 0 Å². The maximum absolute atomic E-state index is 10.6. The van der Waals surface area contributed by atoms with E-state index in [0.717, 1.165) is 50.3 Å².